The first-order chi connectivity index (χ1) is 6.79. The van der Waals surface area contributed by atoms with E-state index in [1.165, 1.54) is 0 Å². The second-order valence-electron chi connectivity index (χ2n) is 3.53. The fraction of sp³-hybridized carbons (Fsp3) is 0.455. The van der Waals surface area contributed by atoms with Crippen molar-refractivity contribution >= 4 is 9.24 Å². The van der Waals surface area contributed by atoms with Crippen LogP contribution in [-0.4, -0.2) is 12.1 Å². The summed E-state index contributed by atoms with van der Waals surface area (Å²) >= 11 is 0. The Bertz CT molecular complexity index is 281. The normalized spacial score (nSPS) is 27.2. The lowest BCUT2D eigenvalue weighted by Gasteiger charge is -2.33. The molecule has 2 unspecified atom stereocenters. The van der Waals surface area contributed by atoms with Crippen LogP contribution in [-0.2, 0) is 4.74 Å². The lowest BCUT2D eigenvalue weighted by Crippen LogP contribution is -2.35. The van der Waals surface area contributed by atoms with Gasteiger partial charge in [0, 0.05) is 6.42 Å². The zero-order valence-electron chi connectivity index (χ0n) is 8.11. The summed E-state index contributed by atoms with van der Waals surface area (Å²) in [6.45, 7) is 0.788. The highest BCUT2D eigenvalue weighted by atomic mass is 31.0. The molecule has 1 fully saturated rings. The molecule has 0 spiro atoms. The molecule has 0 aliphatic carbocycles. The molecule has 76 valence electrons. The van der Waals surface area contributed by atoms with Crippen molar-refractivity contribution in [1.29, 1.82) is 0 Å². The molecule has 1 aliphatic rings. The van der Waals surface area contributed by atoms with Crippen molar-refractivity contribution in [3.05, 3.63) is 30.3 Å². The molecule has 2 atom stereocenters. The first kappa shape index (κ1) is 9.95. The predicted molar refractivity (Wildman–Crippen MR) is 59.3 cm³/mol. The van der Waals surface area contributed by atoms with Crippen molar-refractivity contribution in [2.75, 3.05) is 6.61 Å². The Balaban J connectivity index is 2.02. The van der Waals surface area contributed by atoms with Gasteiger partial charge >= 0.3 is 0 Å². The summed E-state index contributed by atoms with van der Waals surface area (Å²) < 4.78 is 11.4. The minimum Gasteiger partial charge on any atom is -0.459 e. The summed E-state index contributed by atoms with van der Waals surface area (Å²) in [4.78, 5) is 0. The van der Waals surface area contributed by atoms with E-state index in [4.69, 9.17) is 9.47 Å². The Morgan fingerprint density at radius 3 is 2.64 bits per heavy atom. The largest absolute Gasteiger partial charge is 0.459 e. The maximum atomic E-state index is 5.78. The highest BCUT2D eigenvalue weighted by Crippen LogP contribution is 2.33. The van der Waals surface area contributed by atoms with Crippen molar-refractivity contribution < 1.29 is 9.47 Å². The van der Waals surface area contributed by atoms with E-state index < -0.39 is 5.53 Å². The Labute approximate surface area is 86.8 Å². The van der Waals surface area contributed by atoms with Gasteiger partial charge in [0.15, 0.2) is 0 Å². The molecule has 0 saturated carbocycles. The summed E-state index contributed by atoms with van der Waals surface area (Å²) in [6, 6.07) is 9.80. The number of para-hydroxylation sites is 1. The van der Waals surface area contributed by atoms with Crippen LogP contribution in [0.3, 0.4) is 0 Å². The standard InChI is InChI=1S/C11H15O2P/c14-11(8-4-5-9-12-11)13-10-6-2-1-3-7-10/h1-3,6-7H,4-5,8-9,14H2. The molecule has 0 bridgehead atoms. The SMILES string of the molecule is PC1(Oc2ccccc2)CCCCO1. The molecule has 1 aromatic rings. The number of hydrogen-bond acceptors (Lipinski definition) is 2. The third-order valence-corrected chi connectivity index (χ3v) is 2.87. The fourth-order valence-corrected chi connectivity index (χ4v) is 2.02. The minimum atomic E-state index is -0.500. The molecule has 1 saturated heterocycles. The highest BCUT2D eigenvalue weighted by Gasteiger charge is 2.29. The summed E-state index contributed by atoms with van der Waals surface area (Å²) in [5, 5.41) is 0. The average Bonchev–Trinajstić information content (AvgIpc) is 2.19. The van der Waals surface area contributed by atoms with Crippen molar-refractivity contribution in [1.82, 2.24) is 0 Å². The number of rotatable bonds is 2. The van der Waals surface area contributed by atoms with E-state index in [0.29, 0.717) is 0 Å². The van der Waals surface area contributed by atoms with Gasteiger partial charge in [-0.3, -0.25) is 0 Å². The van der Waals surface area contributed by atoms with E-state index in [-0.39, 0.29) is 0 Å². The molecule has 2 rings (SSSR count). The van der Waals surface area contributed by atoms with Crippen LogP contribution in [0, 0.1) is 0 Å². The molecule has 0 aromatic heterocycles. The number of benzene rings is 1. The molecule has 3 heteroatoms. The molecule has 1 heterocycles. The predicted octanol–water partition coefficient (Wildman–Crippen LogP) is 2.79. The maximum absolute atomic E-state index is 5.78. The topological polar surface area (TPSA) is 18.5 Å². The van der Waals surface area contributed by atoms with Gasteiger partial charge in [-0.2, -0.15) is 0 Å². The fourth-order valence-electron chi connectivity index (χ4n) is 1.56. The third-order valence-electron chi connectivity index (χ3n) is 2.30. The van der Waals surface area contributed by atoms with Gasteiger partial charge in [-0.15, -0.1) is 0 Å². The molecule has 0 N–H and O–H groups in total. The third kappa shape index (κ3) is 2.46. The van der Waals surface area contributed by atoms with E-state index in [9.17, 15) is 0 Å². The number of ether oxygens (including phenoxy) is 2. The zero-order valence-corrected chi connectivity index (χ0v) is 9.26. The number of hydrogen-bond donors (Lipinski definition) is 0. The van der Waals surface area contributed by atoms with Gasteiger partial charge in [-0.05, 0) is 25.0 Å². The monoisotopic (exact) mass is 210 g/mol. The van der Waals surface area contributed by atoms with Gasteiger partial charge in [-0.25, -0.2) is 0 Å². The van der Waals surface area contributed by atoms with Gasteiger partial charge in [0.2, 0.25) is 5.53 Å². The van der Waals surface area contributed by atoms with Gasteiger partial charge in [0.1, 0.15) is 5.75 Å². The summed E-state index contributed by atoms with van der Waals surface area (Å²) in [5.74, 6) is 0.865. The molecular weight excluding hydrogens is 195 g/mol. The molecular formula is C11H15O2P. The molecule has 14 heavy (non-hydrogen) atoms. The Kier molecular flexibility index (Phi) is 3.05. The average molecular weight is 210 g/mol. The summed E-state index contributed by atoms with van der Waals surface area (Å²) in [5.41, 5.74) is -0.500. The minimum absolute atomic E-state index is 0.500. The Hall–Kier alpha value is -0.590. The van der Waals surface area contributed by atoms with E-state index in [1.807, 2.05) is 30.3 Å². The molecule has 0 amide bonds. The summed E-state index contributed by atoms with van der Waals surface area (Å²) in [7, 11) is 2.67. The molecule has 1 aromatic carbocycles. The van der Waals surface area contributed by atoms with E-state index in [0.717, 1.165) is 31.6 Å². The highest BCUT2D eigenvalue weighted by molar-refractivity contribution is 7.18. The first-order valence-corrected chi connectivity index (χ1v) is 5.53. The second kappa shape index (κ2) is 4.29. The smallest absolute Gasteiger partial charge is 0.222 e. The zero-order chi connectivity index (χ0) is 9.86. The van der Waals surface area contributed by atoms with E-state index in [1.54, 1.807) is 0 Å². The van der Waals surface area contributed by atoms with E-state index in [2.05, 4.69) is 9.24 Å². The first-order valence-electron chi connectivity index (χ1n) is 4.95. The van der Waals surface area contributed by atoms with Crippen molar-refractivity contribution in [2.24, 2.45) is 0 Å². The van der Waals surface area contributed by atoms with Crippen LogP contribution in [0.25, 0.3) is 0 Å². The van der Waals surface area contributed by atoms with Crippen LogP contribution >= 0.6 is 9.24 Å². The van der Waals surface area contributed by atoms with Gasteiger partial charge in [0.25, 0.3) is 0 Å². The van der Waals surface area contributed by atoms with Crippen molar-refractivity contribution in [3.63, 3.8) is 0 Å². The Morgan fingerprint density at radius 1 is 1.21 bits per heavy atom. The van der Waals surface area contributed by atoms with E-state index >= 15 is 0 Å². The van der Waals surface area contributed by atoms with Crippen LogP contribution in [0.4, 0.5) is 0 Å². The molecule has 1 aliphatic heterocycles. The maximum Gasteiger partial charge on any atom is 0.222 e. The van der Waals surface area contributed by atoms with Gasteiger partial charge in [-0.1, -0.05) is 27.4 Å². The van der Waals surface area contributed by atoms with Crippen molar-refractivity contribution in [3.8, 4) is 5.75 Å². The summed E-state index contributed by atoms with van der Waals surface area (Å²) in [6.07, 6.45) is 3.23. The van der Waals surface area contributed by atoms with Crippen LogP contribution in [0.15, 0.2) is 30.3 Å². The second-order valence-corrected chi connectivity index (χ2v) is 4.41. The quantitative estimate of drug-likeness (QED) is 0.699. The van der Waals surface area contributed by atoms with Gasteiger partial charge < -0.3 is 9.47 Å². The molecule has 2 nitrogen and oxygen atoms in total. The van der Waals surface area contributed by atoms with Crippen LogP contribution < -0.4 is 4.74 Å². The van der Waals surface area contributed by atoms with Gasteiger partial charge in [0.05, 0.1) is 6.61 Å². The van der Waals surface area contributed by atoms with Crippen LogP contribution in [0.1, 0.15) is 19.3 Å². The van der Waals surface area contributed by atoms with Crippen LogP contribution in [0.2, 0.25) is 0 Å². The van der Waals surface area contributed by atoms with Crippen molar-refractivity contribution in [2.45, 2.75) is 24.8 Å². The van der Waals surface area contributed by atoms with Crippen LogP contribution in [0.5, 0.6) is 5.75 Å². The Morgan fingerprint density at radius 2 is 2.00 bits per heavy atom. The molecule has 0 radical (unpaired) electrons. The lowest BCUT2D eigenvalue weighted by molar-refractivity contribution is -0.137. The lowest BCUT2D eigenvalue weighted by atomic mass is 10.2.